The number of rotatable bonds is 10. The van der Waals surface area contributed by atoms with Gasteiger partial charge < -0.3 is 20.1 Å². The molecule has 8 heteroatoms. The van der Waals surface area contributed by atoms with Crippen molar-refractivity contribution in [2.24, 2.45) is 4.99 Å². The first-order valence-corrected chi connectivity index (χ1v) is 9.14. The van der Waals surface area contributed by atoms with Crippen LogP contribution in [0.4, 0.5) is 5.69 Å². The molecule has 0 radical (unpaired) electrons. The fraction of sp³-hybridized carbons (Fsp3) is 0.611. The molecule has 1 aromatic rings. The largest absolute Gasteiger partial charge is 0.382 e. The summed E-state index contributed by atoms with van der Waals surface area (Å²) >= 11 is 0. The van der Waals surface area contributed by atoms with Gasteiger partial charge in [0, 0.05) is 45.0 Å². The first kappa shape index (κ1) is 20.1. The summed E-state index contributed by atoms with van der Waals surface area (Å²) in [7, 11) is 0. The van der Waals surface area contributed by atoms with Crippen LogP contribution in [-0.2, 0) is 16.0 Å². The van der Waals surface area contributed by atoms with Crippen molar-refractivity contribution in [1.82, 2.24) is 10.6 Å². The number of nitro groups is 1. The quantitative estimate of drug-likeness (QED) is 0.217. The molecule has 0 aromatic heterocycles. The lowest BCUT2D eigenvalue weighted by molar-refractivity contribution is -0.384. The zero-order valence-electron chi connectivity index (χ0n) is 15.3. The number of non-ortho nitro benzene ring substituents is 1. The van der Waals surface area contributed by atoms with Crippen LogP contribution in [0.3, 0.4) is 0 Å². The van der Waals surface area contributed by atoms with Crippen molar-refractivity contribution >= 4 is 11.6 Å². The summed E-state index contributed by atoms with van der Waals surface area (Å²) in [4.78, 5) is 14.9. The molecule has 1 aliphatic heterocycles. The molecule has 26 heavy (non-hydrogen) atoms. The molecule has 1 unspecified atom stereocenters. The standard InChI is InChI=1S/C18H28N4O4/c1-2-25-11-4-10-19-18(21-14-17-5-3-12-26-17)20-13-15-6-8-16(9-7-15)22(23)24/h6-9,17H,2-5,10-14H2,1H3,(H2,19,20,21). The molecule has 2 rings (SSSR count). The van der Waals surface area contributed by atoms with Gasteiger partial charge in [-0.25, -0.2) is 4.99 Å². The minimum absolute atomic E-state index is 0.0866. The van der Waals surface area contributed by atoms with Crippen LogP contribution in [0, 0.1) is 10.1 Å². The van der Waals surface area contributed by atoms with Gasteiger partial charge in [0.25, 0.3) is 5.69 Å². The number of guanidine groups is 1. The molecule has 1 atom stereocenters. The number of nitrogens with zero attached hydrogens (tertiary/aromatic N) is 2. The van der Waals surface area contributed by atoms with E-state index in [1.807, 2.05) is 6.92 Å². The van der Waals surface area contributed by atoms with Crippen LogP contribution >= 0.6 is 0 Å². The van der Waals surface area contributed by atoms with E-state index in [9.17, 15) is 10.1 Å². The van der Waals surface area contributed by atoms with Crippen molar-refractivity contribution < 1.29 is 14.4 Å². The third kappa shape index (κ3) is 7.37. The molecule has 1 saturated heterocycles. The average molecular weight is 364 g/mol. The maximum atomic E-state index is 10.7. The van der Waals surface area contributed by atoms with Crippen LogP contribution in [0.1, 0.15) is 31.7 Å². The van der Waals surface area contributed by atoms with Gasteiger partial charge in [0.15, 0.2) is 5.96 Å². The number of aliphatic imine (C=N–C) groups is 1. The number of hydrogen-bond donors (Lipinski definition) is 2. The van der Waals surface area contributed by atoms with E-state index in [0.29, 0.717) is 13.2 Å². The third-order valence-corrected chi connectivity index (χ3v) is 4.05. The smallest absolute Gasteiger partial charge is 0.269 e. The third-order valence-electron chi connectivity index (χ3n) is 4.05. The van der Waals surface area contributed by atoms with E-state index >= 15 is 0 Å². The summed E-state index contributed by atoms with van der Waals surface area (Å²) in [6.45, 7) is 6.17. The molecule has 1 fully saturated rings. The van der Waals surface area contributed by atoms with E-state index in [1.165, 1.54) is 12.1 Å². The minimum Gasteiger partial charge on any atom is -0.382 e. The molecule has 0 aliphatic carbocycles. The van der Waals surface area contributed by atoms with Crippen molar-refractivity contribution in [3.8, 4) is 0 Å². The lowest BCUT2D eigenvalue weighted by Crippen LogP contribution is -2.41. The van der Waals surface area contributed by atoms with E-state index in [4.69, 9.17) is 9.47 Å². The maximum absolute atomic E-state index is 10.7. The van der Waals surface area contributed by atoms with E-state index in [2.05, 4.69) is 15.6 Å². The topological polar surface area (TPSA) is 98.0 Å². The lowest BCUT2D eigenvalue weighted by atomic mass is 10.2. The first-order chi connectivity index (χ1) is 12.7. The Labute approximate surface area is 154 Å². The minimum atomic E-state index is -0.401. The van der Waals surface area contributed by atoms with Gasteiger partial charge >= 0.3 is 0 Å². The predicted molar refractivity (Wildman–Crippen MR) is 100 cm³/mol. The van der Waals surface area contributed by atoms with Crippen molar-refractivity contribution in [2.75, 3.05) is 32.9 Å². The second-order valence-corrected chi connectivity index (χ2v) is 6.08. The van der Waals surface area contributed by atoms with Gasteiger partial charge in [-0.15, -0.1) is 0 Å². The van der Waals surface area contributed by atoms with Crippen molar-refractivity contribution in [2.45, 2.75) is 38.8 Å². The molecule has 2 N–H and O–H groups in total. The zero-order valence-corrected chi connectivity index (χ0v) is 15.3. The summed E-state index contributed by atoms with van der Waals surface area (Å²) < 4.78 is 11.0. The molecule has 0 saturated carbocycles. The molecule has 8 nitrogen and oxygen atoms in total. The number of ether oxygens (including phenoxy) is 2. The maximum Gasteiger partial charge on any atom is 0.269 e. The van der Waals surface area contributed by atoms with Crippen LogP contribution in [0.25, 0.3) is 0 Å². The first-order valence-electron chi connectivity index (χ1n) is 9.14. The highest BCUT2D eigenvalue weighted by Crippen LogP contribution is 2.13. The van der Waals surface area contributed by atoms with Gasteiger partial charge in [-0.2, -0.15) is 0 Å². The molecular weight excluding hydrogens is 336 g/mol. The van der Waals surface area contributed by atoms with E-state index in [1.54, 1.807) is 12.1 Å². The Morgan fingerprint density at radius 1 is 1.38 bits per heavy atom. The number of benzene rings is 1. The Kier molecular flexibility index (Phi) is 8.85. The van der Waals surface area contributed by atoms with Crippen LogP contribution in [0.5, 0.6) is 0 Å². The molecule has 1 heterocycles. The van der Waals surface area contributed by atoms with Crippen LogP contribution in [0.2, 0.25) is 0 Å². The van der Waals surface area contributed by atoms with Crippen LogP contribution < -0.4 is 10.6 Å². The second-order valence-electron chi connectivity index (χ2n) is 6.08. The number of nitrogens with one attached hydrogen (secondary N) is 2. The predicted octanol–water partition coefficient (Wildman–Crippen LogP) is 2.24. The Morgan fingerprint density at radius 2 is 2.19 bits per heavy atom. The van der Waals surface area contributed by atoms with Gasteiger partial charge in [0.05, 0.1) is 17.6 Å². The highest BCUT2D eigenvalue weighted by molar-refractivity contribution is 5.79. The molecule has 0 bridgehead atoms. The average Bonchev–Trinajstić information content (AvgIpc) is 3.17. The van der Waals surface area contributed by atoms with Crippen molar-refractivity contribution in [3.05, 3.63) is 39.9 Å². The monoisotopic (exact) mass is 364 g/mol. The van der Waals surface area contributed by atoms with Gasteiger partial charge in [0.1, 0.15) is 0 Å². The Hall–Kier alpha value is -2.19. The van der Waals surface area contributed by atoms with E-state index in [0.717, 1.165) is 57.1 Å². The van der Waals surface area contributed by atoms with E-state index < -0.39 is 4.92 Å². The summed E-state index contributed by atoms with van der Waals surface area (Å²) in [6, 6.07) is 6.46. The van der Waals surface area contributed by atoms with Crippen molar-refractivity contribution in [1.29, 1.82) is 0 Å². The van der Waals surface area contributed by atoms with Crippen molar-refractivity contribution in [3.63, 3.8) is 0 Å². The Bertz CT molecular complexity index is 571. The van der Waals surface area contributed by atoms with Crippen LogP contribution in [0.15, 0.2) is 29.3 Å². The molecule has 1 aromatic carbocycles. The zero-order chi connectivity index (χ0) is 18.6. The van der Waals surface area contributed by atoms with Crippen LogP contribution in [-0.4, -0.2) is 49.9 Å². The number of hydrogen-bond acceptors (Lipinski definition) is 5. The molecule has 0 amide bonds. The SMILES string of the molecule is CCOCCCNC(=NCc1ccc([N+](=O)[O-])cc1)NCC1CCCO1. The summed E-state index contributed by atoms with van der Waals surface area (Å²) in [5, 5.41) is 17.3. The van der Waals surface area contributed by atoms with E-state index in [-0.39, 0.29) is 11.8 Å². The Balaban J connectivity index is 1.86. The van der Waals surface area contributed by atoms with Gasteiger partial charge in [-0.3, -0.25) is 10.1 Å². The van der Waals surface area contributed by atoms with Gasteiger partial charge in [-0.1, -0.05) is 12.1 Å². The lowest BCUT2D eigenvalue weighted by Gasteiger charge is -2.15. The Morgan fingerprint density at radius 3 is 2.85 bits per heavy atom. The summed E-state index contributed by atoms with van der Waals surface area (Å²) in [6.07, 6.45) is 3.28. The second kappa shape index (κ2) is 11.4. The molecule has 0 spiro atoms. The molecule has 144 valence electrons. The van der Waals surface area contributed by atoms with Gasteiger partial charge in [-0.05, 0) is 31.7 Å². The highest BCUT2D eigenvalue weighted by atomic mass is 16.6. The highest BCUT2D eigenvalue weighted by Gasteiger charge is 2.15. The normalized spacial score (nSPS) is 17.3. The summed E-state index contributed by atoms with van der Waals surface area (Å²) in [5.41, 5.74) is 1.01. The fourth-order valence-electron chi connectivity index (χ4n) is 2.61. The fourth-order valence-corrected chi connectivity index (χ4v) is 2.61. The van der Waals surface area contributed by atoms with Gasteiger partial charge in [0.2, 0.25) is 0 Å². The molecule has 1 aliphatic rings. The molecular formula is C18H28N4O4. The number of nitro benzene ring substituents is 1. The summed E-state index contributed by atoms with van der Waals surface area (Å²) in [5.74, 6) is 0.718.